The van der Waals surface area contributed by atoms with Gasteiger partial charge in [0.05, 0.1) is 22.6 Å². The minimum absolute atomic E-state index is 0.205. The highest BCUT2D eigenvalue weighted by Gasteiger charge is 2.24. The molecule has 1 aliphatic heterocycles. The molecule has 3 aromatic rings. The van der Waals surface area contributed by atoms with E-state index in [9.17, 15) is 4.79 Å². The Morgan fingerprint density at radius 2 is 2.19 bits per heavy atom. The third-order valence-electron chi connectivity index (χ3n) is 5.02. The Hall–Kier alpha value is -2.60. The van der Waals surface area contributed by atoms with E-state index < -0.39 is 0 Å². The van der Waals surface area contributed by atoms with E-state index >= 15 is 0 Å². The molecule has 2 aromatic heterocycles. The fourth-order valence-corrected chi connectivity index (χ4v) is 3.93. The van der Waals surface area contributed by atoms with Crippen LogP contribution in [0, 0.1) is 5.92 Å². The van der Waals surface area contributed by atoms with Crippen LogP contribution in [-0.4, -0.2) is 40.4 Å². The number of hydrogen-bond acceptors (Lipinski definition) is 5. The van der Waals surface area contributed by atoms with Gasteiger partial charge in [-0.3, -0.25) is 4.79 Å². The maximum atomic E-state index is 12.5. The van der Waals surface area contributed by atoms with Crippen LogP contribution in [0.2, 0.25) is 5.02 Å². The zero-order valence-corrected chi connectivity index (χ0v) is 15.7. The summed E-state index contributed by atoms with van der Waals surface area (Å²) < 4.78 is 0. The van der Waals surface area contributed by atoms with E-state index in [4.69, 9.17) is 11.6 Å². The normalized spacial score (nSPS) is 17.2. The fourth-order valence-electron chi connectivity index (χ4n) is 3.73. The number of ketones is 1. The van der Waals surface area contributed by atoms with Gasteiger partial charge in [-0.2, -0.15) is 0 Å². The van der Waals surface area contributed by atoms with Crippen molar-refractivity contribution in [1.82, 2.24) is 15.0 Å². The van der Waals surface area contributed by atoms with Gasteiger partial charge in [0.25, 0.3) is 0 Å². The molecule has 0 spiro atoms. The molecule has 2 N–H and O–H groups in total. The number of nitrogens with one attached hydrogen (secondary N) is 2. The Bertz CT molecular complexity index is 941. The molecule has 7 heteroatoms. The molecule has 3 heterocycles. The predicted octanol–water partition coefficient (Wildman–Crippen LogP) is 3.90. The van der Waals surface area contributed by atoms with Crippen LogP contribution in [0.4, 0.5) is 11.5 Å². The number of hydrogen-bond donors (Lipinski definition) is 2. The van der Waals surface area contributed by atoms with E-state index in [1.807, 2.05) is 36.5 Å². The number of halogens is 1. The minimum Gasteiger partial charge on any atom is -0.377 e. The first kappa shape index (κ1) is 17.8. The summed E-state index contributed by atoms with van der Waals surface area (Å²) >= 11 is 6.13. The van der Waals surface area contributed by atoms with Crippen molar-refractivity contribution in [2.45, 2.75) is 19.3 Å². The summed E-state index contributed by atoms with van der Waals surface area (Å²) in [5.74, 6) is 1.49. The number of para-hydroxylation sites is 1. The molecule has 0 radical (unpaired) electrons. The van der Waals surface area contributed by atoms with Crippen LogP contribution >= 0.6 is 11.6 Å². The van der Waals surface area contributed by atoms with Crippen molar-refractivity contribution in [3.8, 4) is 0 Å². The molecule has 0 saturated carbocycles. The summed E-state index contributed by atoms with van der Waals surface area (Å²) in [6, 6.07) is 9.49. The Morgan fingerprint density at radius 3 is 3.07 bits per heavy atom. The zero-order valence-electron chi connectivity index (χ0n) is 15.0. The summed E-state index contributed by atoms with van der Waals surface area (Å²) in [6.07, 6.45) is 6.17. The molecule has 1 aliphatic rings. The van der Waals surface area contributed by atoms with Crippen molar-refractivity contribution < 1.29 is 4.79 Å². The van der Waals surface area contributed by atoms with Gasteiger partial charge < -0.3 is 15.2 Å². The molecule has 1 unspecified atom stereocenters. The van der Waals surface area contributed by atoms with Crippen LogP contribution in [-0.2, 0) is 4.79 Å². The molecule has 1 aromatic carbocycles. The zero-order chi connectivity index (χ0) is 18.6. The first-order valence-corrected chi connectivity index (χ1v) is 9.61. The Labute approximate surface area is 163 Å². The van der Waals surface area contributed by atoms with Gasteiger partial charge >= 0.3 is 0 Å². The lowest BCUT2D eigenvalue weighted by molar-refractivity contribution is -0.118. The highest BCUT2D eigenvalue weighted by Crippen LogP contribution is 2.28. The van der Waals surface area contributed by atoms with E-state index in [0.717, 1.165) is 48.5 Å². The number of aromatic nitrogens is 3. The van der Waals surface area contributed by atoms with Gasteiger partial charge in [-0.25, -0.2) is 9.97 Å². The van der Waals surface area contributed by atoms with Gasteiger partial charge in [-0.05, 0) is 37.0 Å². The number of fused-ring (bicyclic) bond motifs is 1. The fraction of sp³-hybridized carbons (Fsp3) is 0.350. The Morgan fingerprint density at radius 1 is 1.30 bits per heavy atom. The average Bonchev–Trinajstić information content (AvgIpc) is 3.16. The second-order valence-electron chi connectivity index (χ2n) is 6.97. The lowest BCUT2D eigenvalue weighted by Gasteiger charge is -2.33. The summed E-state index contributed by atoms with van der Waals surface area (Å²) in [5.41, 5.74) is 1.65. The van der Waals surface area contributed by atoms with Gasteiger partial charge in [-0.15, -0.1) is 0 Å². The molecule has 4 rings (SSSR count). The van der Waals surface area contributed by atoms with E-state index in [1.54, 1.807) is 6.33 Å². The van der Waals surface area contributed by atoms with Crippen LogP contribution in [0.1, 0.15) is 19.3 Å². The van der Waals surface area contributed by atoms with Gasteiger partial charge in [-0.1, -0.05) is 23.7 Å². The molecule has 1 saturated heterocycles. The second kappa shape index (κ2) is 7.96. The quantitative estimate of drug-likeness (QED) is 0.675. The van der Waals surface area contributed by atoms with E-state index in [1.165, 1.54) is 0 Å². The summed E-state index contributed by atoms with van der Waals surface area (Å²) in [6.45, 7) is 2.10. The highest BCUT2D eigenvalue weighted by molar-refractivity contribution is 6.33. The molecular weight excluding hydrogens is 362 g/mol. The number of Topliss-reactive ketones (excluding diaryl/α,β-unsaturated/α-hetero) is 1. The first-order valence-electron chi connectivity index (χ1n) is 9.24. The maximum absolute atomic E-state index is 12.5. The average molecular weight is 384 g/mol. The van der Waals surface area contributed by atoms with E-state index in [2.05, 4.69) is 25.2 Å². The number of anilines is 2. The summed E-state index contributed by atoms with van der Waals surface area (Å²) in [4.78, 5) is 26.6. The molecule has 140 valence electrons. The molecule has 0 amide bonds. The van der Waals surface area contributed by atoms with Crippen molar-refractivity contribution in [2.24, 2.45) is 5.92 Å². The Balaban J connectivity index is 1.36. The molecule has 27 heavy (non-hydrogen) atoms. The number of carbonyl (C=O) groups is 1. The number of benzene rings is 1. The van der Waals surface area contributed by atoms with Crippen molar-refractivity contribution >= 4 is 39.9 Å². The smallest absolute Gasteiger partial charge is 0.152 e. The lowest BCUT2D eigenvalue weighted by atomic mass is 9.92. The molecule has 0 bridgehead atoms. The van der Waals surface area contributed by atoms with Crippen LogP contribution < -0.4 is 10.2 Å². The SMILES string of the molecule is O=C(CNc1ccccc1Cl)CC1CCCN(c2ncnc3[nH]ccc23)C1. The number of nitrogens with zero attached hydrogens (tertiary/aromatic N) is 3. The molecule has 0 aliphatic carbocycles. The van der Waals surface area contributed by atoms with Crippen molar-refractivity contribution in [3.05, 3.63) is 47.9 Å². The Kier molecular flexibility index (Phi) is 5.25. The number of aromatic amines is 1. The topological polar surface area (TPSA) is 73.9 Å². The molecule has 6 nitrogen and oxygen atoms in total. The molecule has 1 fully saturated rings. The van der Waals surface area contributed by atoms with Gasteiger partial charge in [0.15, 0.2) is 5.78 Å². The third kappa shape index (κ3) is 4.06. The largest absolute Gasteiger partial charge is 0.377 e. The van der Waals surface area contributed by atoms with Crippen molar-refractivity contribution in [1.29, 1.82) is 0 Å². The molecule has 1 atom stereocenters. The standard InChI is InChI=1S/C20H22ClN5O/c21-17-5-1-2-6-18(17)23-11-15(27)10-14-4-3-9-26(12-14)20-16-7-8-22-19(16)24-13-25-20/h1-2,5-8,13-14,23H,3-4,9-12H2,(H,22,24,25). The van der Waals surface area contributed by atoms with Crippen molar-refractivity contribution in [3.63, 3.8) is 0 Å². The number of H-pyrrole nitrogens is 1. The van der Waals surface area contributed by atoms with Gasteiger partial charge in [0.1, 0.15) is 17.8 Å². The summed E-state index contributed by atoms with van der Waals surface area (Å²) in [5, 5.41) is 4.81. The van der Waals surface area contributed by atoms with Crippen LogP contribution in [0.25, 0.3) is 11.0 Å². The summed E-state index contributed by atoms with van der Waals surface area (Å²) in [7, 11) is 0. The number of rotatable bonds is 6. The maximum Gasteiger partial charge on any atom is 0.152 e. The highest BCUT2D eigenvalue weighted by atomic mass is 35.5. The van der Waals surface area contributed by atoms with Crippen LogP contribution in [0.5, 0.6) is 0 Å². The van der Waals surface area contributed by atoms with E-state index in [0.29, 0.717) is 23.9 Å². The number of piperidine rings is 1. The van der Waals surface area contributed by atoms with Crippen LogP contribution in [0.15, 0.2) is 42.9 Å². The predicted molar refractivity (Wildman–Crippen MR) is 108 cm³/mol. The number of carbonyl (C=O) groups excluding carboxylic acids is 1. The van der Waals surface area contributed by atoms with Crippen molar-refractivity contribution in [2.75, 3.05) is 29.9 Å². The monoisotopic (exact) mass is 383 g/mol. The minimum atomic E-state index is 0.205. The third-order valence-corrected chi connectivity index (χ3v) is 5.35. The van der Waals surface area contributed by atoms with Crippen LogP contribution in [0.3, 0.4) is 0 Å². The van der Waals surface area contributed by atoms with Gasteiger partial charge in [0, 0.05) is 25.7 Å². The molecular formula is C20H22ClN5O. The van der Waals surface area contributed by atoms with E-state index in [-0.39, 0.29) is 5.78 Å². The second-order valence-corrected chi connectivity index (χ2v) is 7.37. The van der Waals surface area contributed by atoms with Gasteiger partial charge in [0.2, 0.25) is 0 Å². The lowest BCUT2D eigenvalue weighted by Crippen LogP contribution is -2.37. The first-order chi connectivity index (χ1) is 13.2.